The Bertz CT molecular complexity index is 559. The molecule has 0 saturated carbocycles. The molecule has 6 heteroatoms. The summed E-state index contributed by atoms with van der Waals surface area (Å²) >= 11 is 6.12. The van der Waals surface area contributed by atoms with Crippen molar-refractivity contribution in [2.24, 2.45) is 0 Å². The van der Waals surface area contributed by atoms with Crippen LogP contribution in [0.3, 0.4) is 0 Å². The lowest BCUT2D eigenvalue weighted by atomic mass is 10.1. The number of para-hydroxylation sites is 1. The zero-order chi connectivity index (χ0) is 12.0. The lowest BCUT2D eigenvalue weighted by Crippen LogP contribution is -2.54. The molecule has 92 valence electrons. The third-order valence-corrected chi connectivity index (χ3v) is 5.36. The van der Waals surface area contributed by atoms with E-state index in [1.165, 1.54) is 0 Å². The molecule has 17 heavy (non-hydrogen) atoms. The van der Waals surface area contributed by atoms with E-state index in [9.17, 15) is 8.42 Å². The number of rotatable bonds is 0. The molecule has 0 radical (unpaired) electrons. The highest BCUT2D eigenvalue weighted by Gasteiger charge is 2.35. The quantitative estimate of drug-likeness (QED) is 0.775. The van der Waals surface area contributed by atoms with Gasteiger partial charge in [-0.15, -0.1) is 0 Å². The molecule has 1 aromatic carbocycles. The van der Waals surface area contributed by atoms with Crippen molar-refractivity contribution in [1.29, 1.82) is 0 Å². The minimum absolute atomic E-state index is 0.0275. The van der Waals surface area contributed by atoms with Crippen LogP contribution < -0.4 is 10.2 Å². The largest absolute Gasteiger partial charge is 0.380 e. The van der Waals surface area contributed by atoms with Crippen LogP contribution in [0, 0.1) is 0 Å². The Kier molecular flexibility index (Phi) is 2.48. The van der Waals surface area contributed by atoms with Gasteiger partial charge in [0.2, 0.25) is 0 Å². The minimum atomic E-state index is -2.88. The number of hydrogen-bond acceptors (Lipinski definition) is 4. The SMILES string of the molecule is O=S1(=O)CCN2c3cccc(Cl)c3NCC2C1. The fourth-order valence-electron chi connectivity index (χ4n) is 2.52. The molecule has 0 bridgehead atoms. The summed E-state index contributed by atoms with van der Waals surface area (Å²) in [5.41, 5.74) is 1.94. The molecule has 1 N–H and O–H groups in total. The van der Waals surface area contributed by atoms with E-state index in [0.717, 1.165) is 11.4 Å². The van der Waals surface area contributed by atoms with Gasteiger partial charge in [-0.1, -0.05) is 17.7 Å². The maximum atomic E-state index is 11.6. The molecule has 1 saturated heterocycles. The van der Waals surface area contributed by atoms with Crippen LogP contribution in [-0.4, -0.2) is 39.1 Å². The molecule has 3 rings (SSSR count). The number of benzene rings is 1. The van der Waals surface area contributed by atoms with Crippen molar-refractivity contribution < 1.29 is 8.42 Å². The second-order valence-electron chi connectivity index (χ2n) is 4.48. The summed E-state index contributed by atoms with van der Waals surface area (Å²) < 4.78 is 23.2. The van der Waals surface area contributed by atoms with Crippen molar-refractivity contribution in [1.82, 2.24) is 0 Å². The first-order valence-corrected chi connectivity index (χ1v) is 7.76. The van der Waals surface area contributed by atoms with Crippen LogP contribution in [0.25, 0.3) is 0 Å². The summed E-state index contributed by atoms with van der Waals surface area (Å²) in [6, 6.07) is 5.75. The highest BCUT2D eigenvalue weighted by Crippen LogP contribution is 2.38. The molecule has 1 atom stereocenters. The third-order valence-electron chi connectivity index (χ3n) is 3.35. The fourth-order valence-corrected chi connectivity index (χ4v) is 4.28. The molecule has 4 nitrogen and oxygen atoms in total. The first-order chi connectivity index (χ1) is 8.07. The lowest BCUT2D eigenvalue weighted by Gasteiger charge is -2.42. The van der Waals surface area contributed by atoms with E-state index < -0.39 is 9.84 Å². The van der Waals surface area contributed by atoms with Gasteiger partial charge in [0.25, 0.3) is 0 Å². The second kappa shape index (κ2) is 3.78. The van der Waals surface area contributed by atoms with Gasteiger partial charge in [0.05, 0.1) is 33.9 Å². The number of hydrogen-bond donors (Lipinski definition) is 1. The average Bonchev–Trinajstić information content (AvgIpc) is 2.27. The maximum Gasteiger partial charge on any atom is 0.154 e. The Morgan fingerprint density at radius 1 is 1.41 bits per heavy atom. The van der Waals surface area contributed by atoms with Crippen LogP contribution in [0.4, 0.5) is 11.4 Å². The van der Waals surface area contributed by atoms with Gasteiger partial charge < -0.3 is 10.2 Å². The highest BCUT2D eigenvalue weighted by atomic mass is 35.5. The van der Waals surface area contributed by atoms with E-state index in [4.69, 9.17) is 11.6 Å². The third kappa shape index (κ3) is 1.87. The maximum absolute atomic E-state index is 11.6. The number of fused-ring (bicyclic) bond motifs is 3. The normalized spacial score (nSPS) is 25.7. The standard InChI is InChI=1S/C11H13ClN2O2S/c12-9-2-1-3-10-11(9)13-6-8-7-17(15,16)5-4-14(8)10/h1-3,8,13H,4-7H2. The summed E-state index contributed by atoms with van der Waals surface area (Å²) in [7, 11) is -2.88. The van der Waals surface area contributed by atoms with Gasteiger partial charge in [-0.05, 0) is 12.1 Å². The van der Waals surface area contributed by atoms with Crippen LogP contribution in [0.1, 0.15) is 0 Å². The van der Waals surface area contributed by atoms with E-state index in [0.29, 0.717) is 18.1 Å². The first-order valence-electron chi connectivity index (χ1n) is 5.56. The summed E-state index contributed by atoms with van der Waals surface area (Å²) in [5.74, 6) is 0.460. The van der Waals surface area contributed by atoms with Crippen LogP contribution in [0.15, 0.2) is 18.2 Å². The molecule has 2 aliphatic rings. The van der Waals surface area contributed by atoms with Gasteiger partial charge in [0.1, 0.15) is 0 Å². The molecule has 0 spiro atoms. The van der Waals surface area contributed by atoms with Crippen molar-refractivity contribution in [3.8, 4) is 0 Å². The van der Waals surface area contributed by atoms with Crippen LogP contribution in [0.5, 0.6) is 0 Å². The topological polar surface area (TPSA) is 49.4 Å². The second-order valence-corrected chi connectivity index (χ2v) is 7.11. The Balaban J connectivity index is 2.01. The van der Waals surface area contributed by atoms with E-state index in [1.54, 1.807) is 0 Å². The molecular formula is C11H13ClN2O2S. The van der Waals surface area contributed by atoms with E-state index >= 15 is 0 Å². The Morgan fingerprint density at radius 3 is 3.06 bits per heavy atom. The van der Waals surface area contributed by atoms with Gasteiger partial charge in [-0.3, -0.25) is 0 Å². The number of anilines is 2. The van der Waals surface area contributed by atoms with Gasteiger partial charge >= 0.3 is 0 Å². The fraction of sp³-hybridized carbons (Fsp3) is 0.455. The van der Waals surface area contributed by atoms with E-state index in [-0.39, 0.29) is 17.5 Å². The summed E-state index contributed by atoms with van der Waals surface area (Å²) in [5, 5.41) is 3.92. The van der Waals surface area contributed by atoms with Crippen molar-refractivity contribution in [3.05, 3.63) is 23.2 Å². The Hall–Kier alpha value is -0.940. The van der Waals surface area contributed by atoms with Crippen molar-refractivity contribution >= 4 is 32.8 Å². The number of nitrogens with one attached hydrogen (secondary N) is 1. The molecule has 1 fully saturated rings. The molecule has 0 aliphatic carbocycles. The molecule has 2 heterocycles. The Labute approximate surface area is 105 Å². The Morgan fingerprint density at radius 2 is 2.24 bits per heavy atom. The summed E-state index contributed by atoms with van der Waals surface area (Å²) in [6.45, 7) is 1.19. The minimum Gasteiger partial charge on any atom is -0.380 e. The zero-order valence-corrected chi connectivity index (χ0v) is 10.8. The number of nitrogens with zero attached hydrogens (tertiary/aromatic N) is 1. The summed E-state index contributed by atoms with van der Waals surface area (Å²) in [6.07, 6.45) is 0. The van der Waals surface area contributed by atoms with Crippen molar-refractivity contribution in [2.45, 2.75) is 6.04 Å². The molecular weight excluding hydrogens is 260 g/mol. The first kappa shape index (κ1) is 11.2. The molecule has 0 aromatic heterocycles. The summed E-state index contributed by atoms with van der Waals surface area (Å²) in [4.78, 5) is 2.15. The van der Waals surface area contributed by atoms with Crippen molar-refractivity contribution in [3.63, 3.8) is 0 Å². The van der Waals surface area contributed by atoms with Gasteiger partial charge in [0, 0.05) is 13.1 Å². The highest BCUT2D eigenvalue weighted by molar-refractivity contribution is 7.91. The average molecular weight is 273 g/mol. The predicted octanol–water partition coefficient (Wildman–Crippen LogP) is 1.37. The smallest absolute Gasteiger partial charge is 0.154 e. The van der Waals surface area contributed by atoms with Crippen LogP contribution in [0.2, 0.25) is 5.02 Å². The van der Waals surface area contributed by atoms with Gasteiger partial charge in [0.15, 0.2) is 9.84 Å². The number of halogens is 1. The number of sulfone groups is 1. The van der Waals surface area contributed by atoms with Crippen LogP contribution >= 0.6 is 11.6 Å². The predicted molar refractivity (Wildman–Crippen MR) is 69.7 cm³/mol. The van der Waals surface area contributed by atoms with Gasteiger partial charge in [-0.25, -0.2) is 8.42 Å². The molecule has 1 unspecified atom stereocenters. The molecule has 0 amide bonds. The van der Waals surface area contributed by atoms with Crippen LogP contribution in [-0.2, 0) is 9.84 Å². The van der Waals surface area contributed by atoms with Crippen molar-refractivity contribution in [2.75, 3.05) is 34.8 Å². The van der Waals surface area contributed by atoms with E-state index in [2.05, 4.69) is 10.2 Å². The molecule has 1 aromatic rings. The van der Waals surface area contributed by atoms with E-state index in [1.807, 2.05) is 18.2 Å². The lowest BCUT2D eigenvalue weighted by molar-refractivity contribution is 0.559. The monoisotopic (exact) mass is 272 g/mol. The molecule has 2 aliphatic heterocycles. The van der Waals surface area contributed by atoms with Gasteiger partial charge in [-0.2, -0.15) is 0 Å². The zero-order valence-electron chi connectivity index (χ0n) is 9.19.